The number of rotatable bonds is 6. The molecule has 1 aliphatic rings. The monoisotopic (exact) mass is 241 g/mol. The molecular weight excluding hydrogens is 210 g/mol. The fraction of sp³-hybridized carbons (Fsp3) is 1.00. The topological polar surface area (TPSA) is 32.5 Å². The van der Waals surface area contributed by atoms with Crippen molar-refractivity contribution in [3.63, 3.8) is 0 Å². The normalized spacial score (nSPS) is 31.4. The first-order valence-corrected chi connectivity index (χ1v) is 7.09. The van der Waals surface area contributed by atoms with Gasteiger partial charge in [-0.3, -0.25) is 4.90 Å². The van der Waals surface area contributed by atoms with Crippen molar-refractivity contribution in [2.45, 2.75) is 51.6 Å². The quantitative estimate of drug-likeness (QED) is 0.769. The second-order valence-corrected chi connectivity index (χ2v) is 6.00. The molecule has 3 nitrogen and oxygen atoms in total. The van der Waals surface area contributed by atoms with Crippen molar-refractivity contribution >= 4 is 0 Å². The fourth-order valence-corrected chi connectivity index (χ4v) is 3.77. The summed E-state index contributed by atoms with van der Waals surface area (Å²) in [4.78, 5) is 4.93. The Hall–Kier alpha value is -0.120. The van der Waals surface area contributed by atoms with Gasteiger partial charge in [0.15, 0.2) is 0 Å². The Balaban J connectivity index is 2.83. The Morgan fingerprint density at radius 1 is 1.41 bits per heavy atom. The summed E-state index contributed by atoms with van der Waals surface area (Å²) in [6, 6.07) is 0.582. The van der Waals surface area contributed by atoms with Crippen molar-refractivity contribution in [3.05, 3.63) is 0 Å². The molecule has 0 aromatic heterocycles. The summed E-state index contributed by atoms with van der Waals surface area (Å²) >= 11 is 0. The minimum Gasteiger partial charge on any atom is -0.329 e. The maximum Gasteiger partial charge on any atom is 0.0360 e. The van der Waals surface area contributed by atoms with E-state index in [1.165, 1.54) is 19.3 Å². The molecule has 0 heterocycles. The standard InChI is InChI=1S/C14H31N3/c1-6-17(13(3)10-16(4)5)14(11-15)9-7-8-12(14)2/h12-13H,6-11,15H2,1-5H3. The molecule has 0 amide bonds. The summed E-state index contributed by atoms with van der Waals surface area (Å²) < 4.78 is 0. The number of hydrogen-bond donors (Lipinski definition) is 1. The van der Waals surface area contributed by atoms with Crippen molar-refractivity contribution in [1.29, 1.82) is 0 Å². The van der Waals surface area contributed by atoms with Crippen LogP contribution in [0.3, 0.4) is 0 Å². The van der Waals surface area contributed by atoms with E-state index in [-0.39, 0.29) is 5.54 Å². The average Bonchev–Trinajstić information content (AvgIpc) is 2.61. The van der Waals surface area contributed by atoms with E-state index in [1.54, 1.807) is 0 Å². The maximum atomic E-state index is 6.15. The Labute approximate surface area is 107 Å². The summed E-state index contributed by atoms with van der Waals surface area (Å²) in [6.45, 7) is 10.0. The lowest BCUT2D eigenvalue weighted by atomic mass is 9.85. The summed E-state index contributed by atoms with van der Waals surface area (Å²) in [5.74, 6) is 0.733. The molecule has 102 valence electrons. The van der Waals surface area contributed by atoms with Gasteiger partial charge in [-0.1, -0.05) is 20.3 Å². The van der Waals surface area contributed by atoms with Crippen LogP contribution in [0.5, 0.6) is 0 Å². The second kappa shape index (κ2) is 6.17. The van der Waals surface area contributed by atoms with Gasteiger partial charge in [0.2, 0.25) is 0 Å². The van der Waals surface area contributed by atoms with Gasteiger partial charge in [0, 0.05) is 24.7 Å². The predicted octanol–water partition coefficient (Wildman–Crippen LogP) is 1.78. The minimum atomic E-state index is 0.254. The lowest BCUT2D eigenvalue weighted by Crippen LogP contribution is -2.60. The molecule has 1 saturated carbocycles. The highest BCUT2D eigenvalue weighted by Crippen LogP contribution is 2.40. The molecule has 2 N–H and O–H groups in total. The van der Waals surface area contributed by atoms with Crippen LogP contribution in [0.1, 0.15) is 40.0 Å². The SMILES string of the molecule is CCN(C(C)CN(C)C)C1(CN)CCCC1C. The summed E-state index contributed by atoms with van der Waals surface area (Å²) in [6.07, 6.45) is 3.95. The molecule has 0 aliphatic heterocycles. The third kappa shape index (κ3) is 3.01. The molecule has 3 atom stereocenters. The van der Waals surface area contributed by atoms with Gasteiger partial charge in [-0.15, -0.1) is 0 Å². The first kappa shape index (κ1) is 14.9. The summed E-state index contributed by atoms with van der Waals surface area (Å²) in [5, 5.41) is 0. The van der Waals surface area contributed by atoms with Crippen LogP contribution in [0.15, 0.2) is 0 Å². The molecule has 0 radical (unpaired) electrons. The van der Waals surface area contributed by atoms with Crippen molar-refractivity contribution in [2.24, 2.45) is 11.7 Å². The van der Waals surface area contributed by atoms with Crippen LogP contribution in [0.25, 0.3) is 0 Å². The largest absolute Gasteiger partial charge is 0.329 e. The van der Waals surface area contributed by atoms with Crippen LogP contribution in [0, 0.1) is 5.92 Å². The summed E-state index contributed by atoms with van der Waals surface area (Å²) in [7, 11) is 4.30. The van der Waals surface area contributed by atoms with Gasteiger partial charge in [0.05, 0.1) is 0 Å². The fourth-order valence-electron chi connectivity index (χ4n) is 3.77. The first-order chi connectivity index (χ1) is 7.97. The molecule has 1 rings (SSSR count). The predicted molar refractivity (Wildman–Crippen MR) is 75.2 cm³/mol. The smallest absolute Gasteiger partial charge is 0.0360 e. The third-order valence-electron chi connectivity index (χ3n) is 4.59. The molecule has 0 saturated heterocycles. The van der Waals surface area contributed by atoms with E-state index < -0.39 is 0 Å². The van der Waals surface area contributed by atoms with Gasteiger partial charge < -0.3 is 10.6 Å². The van der Waals surface area contributed by atoms with E-state index in [0.717, 1.165) is 25.6 Å². The van der Waals surface area contributed by atoms with Gasteiger partial charge >= 0.3 is 0 Å². The Morgan fingerprint density at radius 3 is 2.41 bits per heavy atom. The van der Waals surface area contributed by atoms with Crippen molar-refractivity contribution in [2.75, 3.05) is 33.7 Å². The lowest BCUT2D eigenvalue weighted by Gasteiger charge is -2.47. The van der Waals surface area contributed by atoms with Gasteiger partial charge in [-0.05, 0) is 46.3 Å². The van der Waals surface area contributed by atoms with Gasteiger partial charge in [0.1, 0.15) is 0 Å². The molecule has 0 aromatic carbocycles. The van der Waals surface area contributed by atoms with Crippen molar-refractivity contribution in [1.82, 2.24) is 9.80 Å². The van der Waals surface area contributed by atoms with Crippen LogP contribution in [0.4, 0.5) is 0 Å². The number of likely N-dealkylation sites (N-methyl/N-ethyl adjacent to an activating group) is 2. The van der Waals surface area contributed by atoms with Gasteiger partial charge in [-0.25, -0.2) is 0 Å². The highest BCUT2D eigenvalue weighted by molar-refractivity contribution is 5.01. The molecule has 1 aliphatic carbocycles. The van der Waals surface area contributed by atoms with E-state index in [9.17, 15) is 0 Å². The Bertz CT molecular complexity index is 230. The van der Waals surface area contributed by atoms with Crippen LogP contribution >= 0.6 is 0 Å². The maximum absolute atomic E-state index is 6.15. The molecule has 0 bridgehead atoms. The van der Waals surface area contributed by atoms with E-state index in [0.29, 0.717) is 6.04 Å². The summed E-state index contributed by atoms with van der Waals surface area (Å²) in [5.41, 5.74) is 6.40. The Morgan fingerprint density at radius 2 is 2.06 bits per heavy atom. The zero-order valence-electron chi connectivity index (χ0n) is 12.4. The van der Waals surface area contributed by atoms with E-state index in [2.05, 4.69) is 44.7 Å². The van der Waals surface area contributed by atoms with Crippen molar-refractivity contribution < 1.29 is 0 Å². The molecule has 0 spiro atoms. The number of nitrogens with zero attached hydrogens (tertiary/aromatic N) is 2. The van der Waals surface area contributed by atoms with Crippen LogP contribution in [-0.2, 0) is 0 Å². The van der Waals surface area contributed by atoms with E-state index in [1.807, 2.05) is 0 Å². The van der Waals surface area contributed by atoms with E-state index >= 15 is 0 Å². The zero-order valence-corrected chi connectivity index (χ0v) is 12.4. The van der Waals surface area contributed by atoms with Crippen LogP contribution in [0.2, 0.25) is 0 Å². The Kier molecular flexibility index (Phi) is 5.42. The average molecular weight is 241 g/mol. The van der Waals surface area contributed by atoms with Crippen LogP contribution < -0.4 is 5.73 Å². The second-order valence-electron chi connectivity index (χ2n) is 6.00. The zero-order chi connectivity index (χ0) is 13.1. The third-order valence-corrected chi connectivity index (χ3v) is 4.59. The van der Waals surface area contributed by atoms with Gasteiger partial charge in [-0.2, -0.15) is 0 Å². The lowest BCUT2D eigenvalue weighted by molar-refractivity contribution is 0.0248. The molecule has 0 aromatic rings. The molecular formula is C14H31N3. The highest BCUT2D eigenvalue weighted by atomic mass is 15.3. The molecule has 3 heteroatoms. The number of hydrogen-bond acceptors (Lipinski definition) is 3. The molecule has 17 heavy (non-hydrogen) atoms. The number of nitrogens with two attached hydrogens (primary N) is 1. The molecule has 1 fully saturated rings. The van der Waals surface area contributed by atoms with E-state index in [4.69, 9.17) is 5.73 Å². The van der Waals surface area contributed by atoms with Crippen molar-refractivity contribution in [3.8, 4) is 0 Å². The van der Waals surface area contributed by atoms with Crippen LogP contribution in [-0.4, -0.2) is 55.1 Å². The van der Waals surface area contributed by atoms with Gasteiger partial charge in [0.25, 0.3) is 0 Å². The minimum absolute atomic E-state index is 0.254. The first-order valence-electron chi connectivity index (χ1n) is 7.09. The molecule has 3 unspecified atom stereocenters. The highest BCUT2D eigenvalue weighted by Gasteiger charge is 2.44.